The number of hydrogen-bond acceptors (Lipinski definition) is 3. The lowest BCUT2D eigenvalue weighted by Crippen LogP contribution is -2.34. The number of aromatic nitrogens is 1. The van der Waals surface area contributed by atoms with Crippen molar-refractivity contribution in [2.45, 2.75) is 33.1 Å². The fourth-order valence-electron chi connectivity index (χ4n) is 2.58. The van der Waals surface area contributed by atoms with E-state index >= 15 is 0 Å². The molecule has 0 radical (unpaired) electrons. The van der Waals surface area contributed by atoms with Crippen molar-refractivity contribution < 1.29 is 9.59 Å². The molecule has 2 rings (SSSR count). The van der Waals surface area contributed by atoms with Gasteiger partial charge in [-0.3, -0.25) is 14.6 Å². The molecule has 5 heteroatoms. The van der Waals surface area contributed by atoms with E-state index < -0.39 is 0 Å². The van der Waals surface area contributed by atoms with Crippen LogP contribution < -0.4 is 5.32 Å². The van der Waals surface area contributed by atoms with Gasteiger partial charge in [0.05, 0.1) is 5.92 Å². The largest absolute Gasteiger partial charge is 0.355 e. The zero-order valence-electron chi connectivity index (χ0n) is 13.4. The van der Waals surface area contributed by atoms with Crippen LogP contribution in [0.2, 0.25) is 0 Å². The van der Waals surface area contributed by atoms with E-state index in [-0.39, 0.29) is 17.7 Å². The molecule has 1 unspecified atom stereocenters. The van der Waals surface area contributed by atoms with Crippen LogP contribution in [0.5, 0.6) is 0 Å². The maximum atomic E-state index is 12.2. The molecule has 2 amide bonds. The summed E-state index contributed by atoms with van der Waals surface area (Å²) < 4.78 is 0. The third-order valence-corrected chi connectivity index (χ3v) is 3.97. The Balaban J connectivity index is 1.73. The summed E-state index contributed by atoms with van der Waals surface area (Å²) in [5.74, 6) is 0.448. The summed E-state index contributed by atoms with van der Waals surface area (Å²) in [4.78, 5) is 30.1. The van der Waals surface area contributed by atoms with Crippen molar-refractivity contribution in [1.29, 1.82) is 0 Å². The molecule has 2 heterocycles. The first-order chi connectivity index (χ1) is 10.6. The van der Waals surface area contributed by atoms with Crippen LogP contribution in [0.15, 0.2) is 24.4 Å². The minimum Gasteiger partial charge on any atom is -0.355 e. The van der Waals surface area contributed by atoms with Crippen LogP contribution in [0, 0.1) is 11.8 Å². The van der Waals surface area contributed by atoms with Gasteiger partial charge in [-0.25, -0.2) is 0 Å². The molecule has 1 aliphatic heterocycles. The van der Waals surface area contributed by atoms with Gasteiger partial charge < -0.3 is 10.2 Å². The Labute approximate surface area is 132 Å². The van der Waals surface area contributed by atoms with Gasteiger partial charge in [0.2, 0.25) is 11.8 Å². The van der Waals surface area contributed by atoms with Gasteiger partial charge in [-0.1, -0.05) is 19.9 Å². The van der Waals surface area contributed by atoms with Gasteiger partial charge in [0.15, 0.2) is 0 Å². The van der Waals surface area contributed by atoms with Crippen LogP contribution in [0.1, 0.15) is 32.4 Å². The zero-order valence-corrected chi connectivity index (χ0v) is 13.4. The molecule has 0 spiro atoms. The minimum atomic E-state index is -0.205. The second-order valence-electron chi connectivity index (χ2n) is 6.29. The molecule has 1 aliphatic rings. The van der Waals surface area contributed by atoms with Gasteiger partial charge >= 0.3 is 0 Å². The topological polar surface area (TPSA) is 62.3 Å². The minimum absolute atomic E-state index is 0.0173. The Morgan fingerprint density at radius 1 is 1.45 bits per heavy atom. The number of carbonyl (C=O) groups is 2. The summed E-state index contributed by atoms with van der Waals surface area (Å²) in [6, 6.07) is 5.75. The lowest BCUT2D eigenvalue weighted by atomic mass is 10.1. The Morgan fingerprint density at radius 3 is 2.95 bits per heavy atom. The normalized spacial score (nSPS) is 18.0. The summed E-state index contributed by atoms with van der Waals surface area (Å²) in [6.45, 7) is 6.16. The molecule has 22 heavy (non-hydrogen) atoms. The molecule has 1 N–H and O–H groups in total. The van der Waals surface area contributed by atoms with Gasteiger partial charge in [0, 0.05) is 44.4 Å². The molecule has 1 saturated heterocycles. The number of pyridine rings is 1. The maximum absolute atomic E-state index is 12.2. The number of amides is 2. The highest BCUT2D eigenvalue weighted by molar-refractivity contribution is 5.89. The monoisotopic (exact) mass is 303 g/mol. The first-order valence-corrected chi connectivity index (χ1v) is 8.01. The van der Waals surface area contributed by atoms with Gasteiger partial charge in [0.1, 0.15) is 0 Å². The third kappa shape index (κ3) is 4.83. The SMILES string of the molecule is CC(C)CCN1CC(C(=O)NCCc2ccccn2)CC1=O. The highest BCUT2D eigenvalue weighted by Crippen LogP contribution is 2.19. The van der Waals surface area contributed by atoms with Gasteiger partial charge in [-0.15, -0.1) is 0 Å². The molecule has 1 fully saturated rings. The van der Waals surface area contributed by atoms with Crippen LogP contribution in [0.3, 0.4) is 0 Å². The molecule has 120 valence electrons. The van der Waals surface area contributed by atoms with E-state index in [9.17, 15) is 9.59 Å². The number of rotatable bonds is 7. The average molecular weight is 303 g/mol. The van der Waals surface area contributed by atoms with E-state index in [4.69, 9.17) is 0 Å². The first-order valence-electron chi connectivity index (χ1n) is 8.01. The van der Waals surface area contributed by atoms with Crippen molar-refractivity contribution in [3.63, 3.8) is 0 Å². The molecule has 0 aromatic carbocycles. The van der Waals surface area contributed by atoms with Crippen molar-refractivity contribution in [2.24, 2.45) is 11.8 Å². The average Bonchev–Trinajstić information content (AvgIpc) is 2.87. The predicted molar refractivity (Wildman–Crippen MR) is 85.1 cm³/mol. The third-order valence-electron chi connectivity index (χ3n) is 3.97. The van der Waals surface area contributed by atoms with Crippen molar-refractivity contribution in [3.8, 4) is 0 Å². The number of nitrogens with zero attached hydrogens (tertiary/aromatic N) is 2. The van der Waals surface area contributed by atoms with Crippen LogP contribution in [0.25, 0.3) is 0 Å². The van der Waals surface area contributed by atoms with E-state index in [1.54, 1.807) is 6.20 Å². The van der Waals surface area contributed by atoms with E-state index in [2.05, 4.69) is 24.1 Å². The Kier molecular flexibility index (Phi) is 5.92. The molecule has 0 saturated carbocycles. The Hall–Kier alpha value is -1.91. The standard InChI is InChI=1S/C17H25N3O2/c1-13(2)7-10-20-12-14(11-16(20)21)17(22)19-9-6-15-5-3-4-8-18-15/h3-5,8,13-14H,6-7,9-12H2,1-2H3,(H,19,22). The van der Waals surface area contributed by atoms with Crippen molar-refractivity contribution >= 4 is 11.8 Å². The first kappa shape index (κ1) is 16.5. The second kappa shape index (κ2) is 7.92. The quantitative estimate of drug-likeness (QED) is 0.833. The Morgan fingerprint density at radius 2 is 2.27 bits per heavy atom. The molecule has 1 aromatic rings. The summed E-state index contributed by atoms with van der Waals surface area (Å²) in [5, 5.41) is 2.92. The maximum Gasteiger partial charge on any atom is 0.225 e. The number of likely N-dealkylation sites (tertiary alicyclic amines) is 1. The van der Waals surface area contributed by atoms with Gasteiger partial charge in [0.25, 0.3) is 0 Å². The summed E-state index contributed by atoms with van der Waals surface area (Å²) >= 11 is 0. The molecule has 0 bridgehead atoms. The molecule has 1 atom stereocenters. The molecular weight excluding hydrogens is 278 g/mol. The smallest absolute Gasteiger partial charge is 0.225 e. The van der Waals surface area contributed by atoms with Crippen LogP contribution in [-0.4, -0.2) is 41.3 Å². The van der Waals surface area contributed by atoms with E-state index in [1.165, 1.54) is 0 Å². The van der Waals surface area contributed by atoms with Crippen molar-refractivity contribution in [2.75, 3.05) is 19.6 Å². The lowest BCUT2D eigenvalue weighted by molar-refractivity contribution is -0.129. The second-order valence-corrected chi connectivity index (χ2v) is 6.29. The predicted octanol–water partition coefficient (Wildman–Crippen LogP) is 1.63. The fourth-order valence-corrected chi connectivity index (χ4v) is 2.58. The summed E-state index contributed by atoms with van der Waals surface area (Å²) in [6.07, 6.45) is 3.79. The van der Waals surface area contributed by atoms with E-state index in [0.29, 0.717) is 31.8 Å². The van der Waals surface area contributed by atoms with Crippen LogP contribution in [-0.2, 0) is 16.0 Å². The highest BCUT2D eigenvalue weighted by atomic mass is 16.2. The van der Waals surface area contributed by atoms with Crippen molar-refractivity contribution in [3.05, 3.63) is 30.1 Å². The van der Waals surface area contributed by atoms with Crippen LogP contribution in [0.4, 0.5) is 0 Å². The fraction of sp³-hybridized carbons (Fsp3) is 0.588. The number of nitrogens with one attached hydrogen (secondary N) is 1. The number of carbonyl (C=O) groups excluding carboxylic acids is 2. The Bertz CT molecular complexity index is 502. The summed E-state index contributed by atoms with van der Waals surface area (Å²) in [7, 11) is 0. The van der Waals surface area contributed by atoms with E-state index in [0.717, 1.165) is 18.7 Å². The van der Waals surface area contributed by atoms with Crippen molar-refractivity contribution in [1.82, 2.24) is 15.2 Å². The lowest BCUT2D eigenvalue weighted by Gasteiger charge is -2.17. The van der Waals surface area contributed by atoms with E-state index in [1.807, 2.05) is 23.1 Å². The van der Waals surface area contributed by atoms with Crippen LogP contribution >= 0.6 is 0 Å². The molecule has 0 aliphatic carbocycles. The number of hydrogen-bond donors (Lipinski definition) is 1. The van der Waals surface area contributed by atoms with Gasteiger partial charge in [-0.05, 0) is 24.5 Å². The van der Waals surface area contributed by atoms with Gasteiger partial charge in [-0.2, -0.15) is 0 Å². The highest BCUT2D eigenvalue weighted by Gasteiger charge is 2.33. The molecular formula is C17H25N3O2. The zero-order chi connectivity index (χ0) is 15.9. The molecule has 5 nitrogen and oxygen atoms in total. The molecule has 1 aromatic heterocycles. The summed E-state index contributed by atoms with van der Waals surface area (Å²) in [5.41, 5.74) is 0.962.